The highest BCUT2D eigenvalue weighted by molar-refractivity contribution is 9.10. The van der Waals surface area contributed by atoms with E-state index in [9.17, 15) is 0 Å². The molecule has 3 nitrogen and oxygen atoms in total. The van der Waals surface area contributed by atoms with E-state index in [1.165, 1.54) is 29.5 Å². The normalized spacial score (nSPS) is 21.4. The largest absolute Gasteiger partial charge is 0.366 e. The molecule has 0 aromatic heterocycles. The molecule has 0 saturated carbocycles. The average molecular weight is 326 g/mol. The molecule has 1 N–H and O–H groups in total. The monoisotopic (exact) mass is 325 g/mol. The number of anilines is 1. The topological polar surface area (TPSA) is 18.5 Å². The van der Waals surface area contributed by atoms with E-state index in [0.29, 0.717) is 6.04 Å². The van der Waals surface area contributed by atoms with Crippen LogP contribution >= 0.6 is 15.9 Å². The Morgan fingerprint density at radius 1 is 1.32 bits per heavy atom. The van der Waals surface area contributed by atoms with Gasteiger partial charge >= 0.3 is 0 Å². The second-order valence-electron chi connectivity index (χ2n) is 5.31. The van der Waals surface area contributed by atoms with E-state index in [1.807, 2.05) is 7.05 Å². The second kappa shape index (κ2) is 7.27. The molecular weight excluding hydrogens is 302 g/mol. The van der Waals surface area contributed by atoms with E-state index >= 15 is 0 Å². The van der Waals surface area contributed by atoms with Crippen molar-refractivity contribution in [2.24, 2.45) is 0 Å². The number of benzene rings is 1. The maximum Gasteiger partial charge on any atom is 0.0513 e. The molecule has 1 fully saturated rings. The van der Waals surface area contributed by atoms with E-state index in [-0.39, 0.29) is 0 Å². The number of hydrogen-bond donors (Lipinski definition) is 1. The van der Waals surface area contributed by atoms with Gasteiger partial charge in [0.05, 0.1) is 5.69 Å². The second-order valence-corrected chi connectivity index (χ2v) is 6.16. The summed E-state index contributed by atoms with van der Waals surface area (Å²) < 4.78 is 1.20. The Labute approximate surface area is 125 Å². The molecule has 0 spiro atoms. The highest BCUT2D eigenvalue weighted by Crippen LogP contribution is 2.29. The Balaban J connectivity index is 2.20. The minimum absolute atomic E-state index is 0.582. The van der Waals surface area contributed by atoms with Crippen LogP contribution in [0.15, 0.2) is 28.7 Å². The third-order valence-corrected chi connectivity index (χ3v) is 4.46. The third kappa shape index (κ3) is 3.94. The highest BCUT2D eigenvalue weighted by Gasteiger charge is 2.24. The summed E-state index contributed by atoms with van der Waals surface area (Å²) in [5, 5.41) is 3.28. The number of nitrogens with zero attached hydrogens (tertiary/aromatic N) is 2. The standard InChI is InChI=1S/C15H24BrN3/c1-17-9-8-13-12-18(2)10-5-11-19(13)15-7-4-3-6-14(15)16/h3-4,6-7,13,17H,5,8-12H2,1-2H3. The lowest BCUT2D eigenvalue weighted by Crippen LogP contribution is -2.42. The van der Waals surface area contributed by atoms with Gasteiger partial charge in [-0.2, -0.15) is 0 Å². The van der Waals surface area contributed by atoms with Crippen LogP contribution in [-0.4, -0.2) is 51.2 Å². The lowest BCUT2D eigenvalue weighted by Gasteiger charge is -2.33. The van der Waals surface area contributed by atoms with Gasteiger partial charge < -0.3 is 15.1 Å². The van der Waals surface area contributed by atoms with Crippen molar-refractivity contribution in [2.45, 2.75) is 18.9 Å². The molecule has 1 aliphatic rings. The number of hydrogen-bond acceptors (Lipinski definition) is 3. The number of halogens is 1. The van der Waals surface area contributed by atoms with Gasteiger partial charge in [-0.05, 0) is 68.1 Å². The van der Waals surface area contributed by atoms with Crippen molar-refractivity contribution < 1.29 is 0 Å². The molecule has 1 aliphatic heterocycles. The summed E-state index contributed by atoms with van der Waals surface area (Å²) in [6, 6.07) is 9.16. The van der Waals surface area contributed by atoms with E-state index < -0.39 is 0 Å². The predicted molar refractivity (Wildman–Crippen MR) is 85.9 cm³/mol. The van der Waals surface area contributed by atoms with Crippen molar-refractivity contribution in [1.29, 1.82) is 0 Å². The van der Waals surface area contributed by atoms with Gasteiger partial charge in [-0.3, -0.25) is 0 Å². The molecule has 2 rings (SSSR count). The van der Waals surface area contributed by atoms with Crippen LogP contribution in [0.4, 0.5) is 5.69 Å². The Morgan fingerprint density at radius 2 is 2.11 bits per heavy atom. The lowest BCUT2D eigenvalue weighted by atomic mass is 10.1. The van der Waals surface area contributed by atoms with E-state index in [1.54, 1.807) is 0 Å². The predicted octanol–water partition coefficient (Wildman–Crippen LogP) is 2.57. The summed E-state index contributed by atoms with van der Waals surface area (Å²) in [6.07, 6.45) is 2.41. The van der Waals surface area contributed by atoms with Crippen LogP contribution in [0.3, 0.4) is 0 Å². The first-order chi connectivity index (χ1) is 9.22. The number of likely N-dealkylation sites (N-methyl/N-ethyl adjacent to an activating group) is 1. The Hall–Kier alpha value is -0.580. The van der Waals surface area contributed by atoms with Crippen LogP contribution in [0.25, 0.3) is 0 Å². The zero-order valence-electron chi connectivity index (χ0n) is 11.9. The van der Waals surface area contributed by atoms with Crippen molar-refractivity contribution in [3.63, 3.8) is 0 Å². The molecule has 19 heavy (non-hydrogen) atoms. The number of rotatable bonds is 4. The molecular formula is C15H24BrN3. The molecule has 1 unspecified atom stereocenters. The lowest BCUT2D eigenvalue weighted by molar-refractivity contribution is 0.324. The van der Waals surface area contributed by atoms with Crippen molar-refractivity contribution in [3.05, 3.63) is 28.7 Å². The minimum Gasteiger partial charge on any atom is -0.366 e. The molecule has 1 aromatic carbocycles. The van der Waals surface area contributed by atoms with Crippen LogP contribution < -0.4 is 10.2 Å². The fraction of sp³-hybridized carbons (Fsp3) is 0.600. The fourth-order valence-corrected chi connectivity index (χ4v) is 3.32. The Morgan fingerprint density at radius 3 is 2.84 bits per heavy atom. The summed E-state index contributed by atoms with van der Waals surface area (Å²) in [4.78, 5) is 5.03. The summed E-state index contributed by atoms with van der Waals surface area (Å²) in [6.45, 7) is 4.54. The molecule has 0 bridgehead atoms. The Bertz CT molecular complexity index is 397. The maximum absolute atomic E-state index is 3.70. The number of para-hydroxylation sites is 1. The van der Waals surface area contributed by atoms with Gasteiger partial charge in [0.1, 0.15) is 0 Å². The average Bonchev–Trinajstić information content (AvgIpc) is 2.58. The van der Waals surface area contributed by atoms with Crippen molar-refractivity contribution >= 4 is 21.6 Å². The van der Waals surface area contributed by atoms with Gasteiger partial charge in [0, 0.05) is 23.6 Å². The van der Waals surface area contributed by atoms with Gasteiger partial charge in [0.2, 0.25) is 0 Å². The summed E-state index contributed by atoms with van der Waals surface area (Å²) in [5.74, 6) is 0. The molecule has 106 valence electrons. The first-order valence-electron chi connectivity index (χ1n) is 7.06. The van der Waals surface area contributed by atoms with Gasteiger partial charge in [0.15, 0.2) is 0 Å². The number of nitrogens with one attached hydrogen (secondary N) is 1. The van der Waals surface area contributed by atoms with Crippen LogP contribution in [0.5, 0.6) is 0 Å². The van der Waals surface area contributed by atoms with Crippen LogP contribution in [0, 0.1) is 0 Å². The van der Waals surface area contributed by atoms with Crippen LogP contribution in [-0.2, 0) is 0 Å². The fourth-order valence-electron chi connectivity index (χ4n) is 2.80. The molecule has 1 saturated heterocycles. The highest BCUT2D eigenvalue weighted by atomic mass is 79.9. The molecule has 0 amide bonds. The molecule has 0 radical (unpaired) electrons. The summed E-state index contributed by atoms with van der Waals surface area (Å²) >= 11 is 3.70. The van der Waals surface area contributed by atoms with E-state index in [2.05, 4.69) is 62.4 Å². The molecule has 1 heterocycles. The van der Waals surface area contributed by atoms with E-state index in [0.717, 1.165) is 19.6 Å². The van der Waals surface area contributed by atoms with Gasteiger partial charge in [0.25, 0.3) is 0 Å². The van der Waals surface area contributed by atoms with Crippen LogP contribution in [0.1, 0.15) is 12.8 Å². The maximum atomic E-state index is 3.70. The quantitative estimate of drug-likeness (QED) is 0.917. The van der Waals surface area contributed by atoms with Crippen molar-refractivity contribution in [3.8, 4) is 0 Å². The molecule has 4 heteroatoms. The summed E-state index contributed by atoms with van der Waals surface area (Å²) in [5.41, 5.74) is 1.33. The molecule has 1 atom stereocenters. The van der Waals surface area contributed by atoms with Gasteiger partial charge in [-0.15, -0.1) is 0 Å². The molecule has 1 aromatic rings. The SMILES string of the molecule is CNCCC1CN(C)CCCN1c1ccccc1Br. The smallest absolute Gasteiger partial charge is 0.0513 e. The van der Waals surface area contributed by atoms with E-state index in [4.69, 9.17) is 0 Å². The first-order valence-corrected chi connectivity index (χ1v) is 7.86. The van der Waals surface area contributed by atoms with Crippen LogP contribution in [0.2, 0.25) is 0 Å². The Kier molecular flexibility index (Phi) is 5.67. The van der Waals surface area contributed by atoms with Gasteiger partial charge in [-0.25, -0.2) is 0 Å². The van der Waals surface area contributed by atoms with Gasteiger partial charge in [-0.1, -0.05) is 12.1 Å². The zero-order valence-corrected chi connectivity index (χ0v) is 13.5. The first kappa shape index (κ1) is 14.8. The zero-order chi connectivity index (χ0) is 13.7. The molecule has 0 aliphatic carbocycles. The third-order valence-electron chi connectivity index (χ3n) is 3.79. The van der Waals surface area contributed by atoms with Crippen molar-refractivity contribution in [2.75, 3.05) is 45.2 Å². The minimum atomic E-state index is 0.582. The summed E-state index contributed by atoms with van der Waals surface area (Å²) in [7, 11) is 4.26. The van der Waals surface area contributed by atoms with Crippen molar-refractivity contribution in [1.82, 2.24) is 10.2 Å².